The zero-order valence-electron chi connectivity index (χ0n) is 19.1. The van der Waals surface area contributed by atoms with Crippen molar-refractivity contribution in [2.45, 2.75) is 32.4 Å². The topological polar surface area (TPSA) is 83.8 Å². The van der Waals surface area contributed by atoms with E-state index in [9.17, 15) is 19.7 Å². The molecule has 182 valence electrons. The van der Waals surface area contributed by atoms with Crippen LogP contribution in [-0.2, 0) is 11.2 Å². The first-order chi connectivity index (χ1) is 16.7. The van der Waals surface area contributed by atoms with Gasteiger partial charge >= 0.3 is 0 Å². The van der Waals surface area contributed by atoms with E-state index < -0.39 is 16.9 Å². The van der Waals surface area contributed by atoms with Crippen molar-refractivity contribution < 1.29 is 14.5 Å². The third-order valence-electron chi connectivity index (χ3n) is 6.04. The zero-order valence-corrected chi connectivity index (χ0v) is 21.4. The maximum absolute atomic E-state index is 13.7. The summed E-state index contributed by atoms with van der Waals surface area (Å²) in [5.41, 5.74) is 1.77. The molecule has 7 nitrogen and oxygen atoms in total. The Labute approximate surface area is 217 Å². The zero-order chi connectivity index (χ0) is 25.3. The molecule has 2 aromatic carbocycles. The Bertz CT molecular complexity index is 1290. The van der Waals surface area contributed by atoms with Crippen molar-refractivity contribution in [3.8, 4) is 0 Å². The molecule has 1 unspecified atom stereocenters. The molecule has 1 atom stereocenters. The minimum atomic E-state index is -0.547. The van der Waals surface area contributed by atoms with Crippen LogP contribution < -0.4 is 0 Å². The molecule has 0 saturated heterocycles. The van der Waals surface area contributed by atoms with Gasteiger partial charge in [0, 0.05) is 45.2 Å². The first kappa shape index (κ1) is 25.2. The number of non-ortho nitro benzene ring substituents is 1. The number of hydrogen-bond donors (Lipinski definition) is 0. The van der Waals surface area contributed by atoms with Crippen molar-refractivity contribution in [1.82, 2.24) is 9.80 Å². The van der Waals surface area contributed by atoms with Gasteiger partial charge in [0.25, 0.3) is 11.6 Å². The lowest BCUT2D eigenvalue weighted by Gasteiger charge is -2.38. The number of amides is 2. The molecule has 0 aliphatic carbocycles. The molecule has 0 radical (unpaired) electrons. The summed E-state index contributed by atoms with van der Waals surface area (Å²) in [6.45, 7) is 3.93. The Kier molecular flexibility index (Phi) is 7.44. The highest BCUT2D eigenvalue weighted by atomic mass is 35.5. The normalized spacial score (nSPS) is 15.1. The average molecular weight is 532 g/mol. The fourth-order valence-corrected chi connectivity index (χ4v) is 5.70. The van der Waals surface area contributed by atoms with Crippen LogP contribution in [0.2, 0.25) is 10.0 Å². The number of halogens is 2. The maximum Gasteiger partial charge on any atom is 0.270 e. The van der Waals surface area contributed by atoms with Gasteiger partial charge in [-0.25, -0.2) is 0 Å². The van der Waals surface area contributed by atoms with Crippen molar-refractivity contribution in [3.05, 3.63) is 95.6 Å². The summed E-state index contributed by atoms with van der Waals surface area (Å²) in [6.07, 6.45) is 0.709. The van der Waals surface area contributed by atoms with Crippen LogP contribution in [0.1, 0.15) is 46.3 Å². The molecule has 0 saturated carbocycles. The number of carbonyl (C=O) groups excluding carboxylic acids is 2. The Morgan fingerprint density at radius 3 is 2.63 bits per heavy atom. The lowest BCUT2D eigenvalue weighted by Crippen LogP contribution is -2.48. The lowest BCUT2D eigenvalue weighted by atomic mass is 9.93. The molecule has 3 aromatic rings. The second kappa shape index (κ2) is 10.4. The van der Waals surface area contributed by atoms with E-state index in [1.807, 2.05) is 31.4 Å². The second-order valence-corrected chi connectivity index (χ2v) is 10.4. The molecular formula is C25H23Cl2N3O4S. The summed E-state index contributed by atoms with van der Waals surface area (Å²) in [6, 6.07) is 12.1. The van der Waals surface area contributed by atoms with Crippen LogP contribution in [0.5, 0.6) is 0 Å². The largest absolute Gasteiger partial charge is 0.330 e. The highest BCUT2D eigenvalue weighted by molar-refractivity contribution is 7.10. The third-order valence-corrected chi connectivity index (χ3v) is 7.60. The summed E-state index contributed by atoms with van der Waals surface area (Å²) in [5.74, 6) is -0.670. The van der Waals surface area contributed by atoms with Gasteiger partial charge in [-0.2, -0.15) is 0 Å². The Morgan fingerprint density at radius 1 is 1.17 bits per heavy atom. The van der Waals surface area contributed by atoms with Crippen molar-refractivity contribution in [3.63, 3.8) is 0 Å². The van der Waals surface area contributed by atoms with Crippen molar-refractivity contribution in [2.24, 2.45) is 0 Å². The second-order valence-electron chi connectivity index (χ2n) is 8.54. The van der Waals surface area contributed by atoms with Crippen LogP contribution in [-0.4, -0.2) is 45.7 Å². The van der Waals surface area contributed by atoms with E-state index in [4.69, 9.17) is 23.2 Å². The lowest BCUT2D eigenvalue weighted by molar-refractivity contribution is -0.384. The number of fused-ring (bicyclic) bond motifs is 1. The molecular weight excluding hydrogens is 509 g/mol. The fourth-order valence-electron chi connectivity index (χ4n) is 4.29. The molecule has 0 bridgehead atoms. The van der Waals surface area contributed by atoms with Gasteiger partial charge < -0.3 is 9.80 Å². The molecule has 0 spiro atoms. The van der Waals surface area contributed by atoms with E-state index in [2.05, 4.69) is 0 Å². The number of thiophene rings is 1. The molecule has 1 aliphatic rings. The monoisotopic (exact) mass is 531 g/mol. The third kappa shape index (κ3) is 5.19. The predicted molar refractivity (Wildman–Crippen MR) is 137 cm³/mol. The van der Waals surface area contributed by atoms with Crippen LogP contribution in [0.3, 0.4) is 0 Å². The van der Waals surface area contributed by atoms with Crippen LogP contribution >= 0.6 is 34.5 Å². The van der Waals surface area contributed by atoms with Crippen molar-refractivity contribution in [1.29, 1.82) is 0 Å². The highest BCUT2D eigenvalue weighted by Gasteiger charge is 2.35. The summed E-state index contributed by atoms with van der Waals surface area (Å²) < 4.78 is 0. The van der Waals surface area contributed by atoms with Crippen LogP contribution in [0.4, 0.5) is 5.69 Å². The average Bonchev–Trinajstić information content (AvgIpc) is 3.30. The predicted octanol–water partition coefficient (Wildman–Crippen LogP) is 5.99. The van der Waals surface area contributed by atoms with E-state index in [1.54, 1.807) is 28.4 Å². The number of hydrogen-bond acceptors (Lipinski definition) is 5. The van der Waals surface area contributed by atoms with Crippen molar-refractivity contribution in [2.75, 3.05) is 13.1 Å². The fraction of sp³-hybridized carbons (Fsp3) is 0.280. The quantitative estimate of drug-likeness (QED) is 0.289. The summed E-state index contributed by atoms with van der Waals surface area (Å²) in [5, 5.41) is 14.1. The molecule has 35 heavy (non-hydrogen) atoms. The van der Waals surface area contributed by atoms with Gasteiger partial charge in [0.1, 0.15) is 6.54 Å². The molecule has 0 fully saturated rings. The number of benzene rings is 2. The first-order valence-corrected chi connectivity index (χ1v) is 12.7. The van der Waals surface area contributed by atoms with Gasteiger partial charge in [0.15, 0.2) is 0 Å². The van der Waals surface area contributed by atoms with Crippen LogP contribution in [0.25, 0.3) is 0 Å². The highest BCUT2D eigenvalue weighted by Crippen LogP contribution is 2.41. The summed E-state index contributed by atoms with van der Waals surface area (Å²) in [7, 11) is 0. The van der Waals surface area contributed by atoms with Crippen LogP contribution in [0.15, 0.2) is 53.9 Å². The number of nitro groups is 1. The van der Waals surface area contributed by atoms with E-state index in [0.29, 0.717) is 23.0 Å². The van der Waals surface area contributed by atoms with Crippen LogP contribution in [0, 0.1) is 10.1 Å². The standard InChI is InChI=1S/C25H23Cl2N3O4S/c1-15(2)29(25(32)16-4-3-5-18(12-16)30(33)34)14-23(31)28-10-8-22-20(9-11-35-22)24(28)19-7-6-17(26)13-21(19)27/h3-7,9,11-13,15,24H,8,10,14H2,1-2H3. The van der Waals surface area contributed by atoms with Gasteiger partial charge in [-0.05, 0) is 61.0 Å². The van der Waals surface area contributed by atoms with E-state index in [0.717, 1.165) is 11.1 Å². The molecule has 1 aromatic heterocycles. The first-order valence-electron chi connectivity index (χ1n) is 11.0. The van der Waals surface area contributed by atoms with E-state index in [-0.39, 0.29) is 29.7 Å². The van der Waals surface area contributed by atoms with Gasteiger partial charge in [-0.15, -0.1) is 11.3 Å². The number of rotatable bonds is 6. The van der Waals surface area contributed by atoms with Gasteiger partial charge in [0.05, 0.1) is 11.0 Å². The SMILES string of the molecule is CC(C)N(CC(=O)N1CCc2sccc2C1c1ccc(Cl)cc1Cl)C(=O)c1cccc([N+](=O)[O-])c1. The number of nitrogens with zero attached hydrogens (tertiary/aromatic N) is 3. The molecule has 10 heteroatoms. The minimum Gasteiger partial charge on any atom is -0.330 e. The maximum atomic E-state index is 13.7. The Morgan fingerprint density at radius 2 is 1.94 bits per heavy atom. The van der Waals surface area contributed by atoms with Gasteiger partial charge in [-0.1, -0.05) is 35.3 Å². The molecule has 2 heterocycles. The molecule has 1 aliphatic heterocycles. The van der Waals surface area contributed by atoms with Gasteiger partial charge in [0.2, 0.25) is 5.91 Å². The molecule has 4 rings (SSSR count). The smallest absolute Gasteiger partial charge is 0.270 e. The molecule has 2 amide bonds. The minimum absolute atomic E-state index is 0.164. The Balaban J connectivity index is 1.65. The number of nitro benzene ring substituents is 1. The van der Waals surface area contributed by atoms with Gasteiger partial charge in [-0.3, -0.25) is 19.7 Å². The summed E-state index contributed by atoms with van der Waals surface area (Å²) >= 11 is 14.3. The van der Waals surface area contributed by atoms with E-state index >= 15 is 0 Å². The van der Waals surface area contributed by atoms with Crippen molar-refractivity contribution >= 4 is 52.0 Å². The Hall–Kier alpha value is -2.94. The number of carbonyl (C=O) groups is 2. The molecule has 0 N–H and O–H groups in total. The summed E-state index contributed by atoms with van der Waals surface area (Å²) in [4.78, 5) is 41.9. The van der Waals surface area contributed by atoms with E-state index in [1.165, 1.54) is 34.0 Å².